The normalized spacial score (nSPS) is 12.9. The second-order valence-corrected chi connectivity index (χ2v) is 10.1. The van der Waals surface area contributed by atoms with Crippen LogP contribution in [0.15, 0.2) is 89.7 Å². The minimum absolute atomic E-state index is 0.100. The Balaban J connectivity index is 1.45. The van der Waals surface area contributed by atoms with Crippen LogP contribution in [0.2, 0.25) is 0 Å². The molecule has 2 heterocycles. The van der Waals surface area contributed by atoms with Gasteiger partial charge in [0, 0.05) is 23.2 Å². The molecule has 1 fully saturated rings. The Morgan fingerprint density at radius 3 is 2.33 bits per heavy atom. The zero-order valence-electron chi connectivity index (χ0n) is 22.7. The Labute approximate surface area is 229 Å². The topological polar surface area (TPSA) is 63.6 Å². The van der Waals surface area contributed by atoms with Crippen molar-refractivity contribution < 1.29 is 9.63 Å². The maximum Gasteiger partial charge on any atom is 0.433 e. The van der Waals surface area contributed by atoms with Crippen molar-refractivity contribution in [2.45, 2.75) is 52.5 Å². The zero-order chi connectivity index (χ0) is 27.2. The van der Waals surface area contributed by atoms with E-state index in [2.05, 4.69) is 54.7 Å². The number of nitrogens with zero attached hydrogens (tertiary/aromatic N) is 2. The number of aromatic nitrogens is 1. The number of hydroxylamine groups is 1. The van der Waals surface area contributed by atoms with Crippen LogP contribution < -0.4 is 15.9 Å². The number of rotatable bonds is 10. The van der Waals surface area contributed by atoms with Gasteiger partial charge in [-0.15, -0.1) is 0 Å². The van der Waals surface area contributed by atoms with E-state index in [1.54, 1.807) is 5.06 Å². The first-order valence-corrected chi connectivity index (χ1v) is 13.7. The monoisotopic (exact) mass is 521 g/mol. The molecule has 1 N–H and O–H groups in total. The molecule has 3 aromatic carbocycles. The highest BCUT2D eigenvalue weighted by atomic mass is 16.7. The van der Waals surface area contributed by atoms with Gasteiger partial charge >= 0.3 is 6.09 Å². The summed E-state index contributed by atoms with van der Waals surface area (Å²) in [6.45, 7) is 5.11. The van der Waals surface area contributed by atoms with Crippen molar-refractivity contribution in [2.24, 2.45) is 0 Å². The van der Waals surface area contributed by atoms with E-state index in [1.807, 2.05) is 54.0 Å². The van der Waals surface area contributed by atoms with E-state index < -0.39 is 6.09 Å². The Morgan fingerprint density at radius 2 is 1.62 bits per heavy atom. The molecule has 1 aliphatic heterocycles. The van der Waals surface area contributed by atoms with Crippen LogP contribution in [0.4, 0.5) is 10.5 Å². The van der Waals surface area contributed by atoms with Crippen molar-refractivity contribution in [1.29, 1.82) is 0 Å². The number of hydrogen-bond donors (Lipinski definition) is 1. The summed E-state index contributed by atoms with van der Waals surface area (Å²) in [6.07, 6.45) is 4.43. The smallest absolute Gasteiger partial charge is 0.320 e. The molecule has 5 rings (SSSR count). The molecule has 0 aliphatic carbocycles. The second kappa shape index (κ2) is 12.0. The molecule has 1 aromatic heterocycles. The van der Waals surface area contributed by atoms with Crippen molar-refractivity contribution in [2.75, 3.05) is 11.7 Å². The Morgan fingerprint density at radius 1 is 0.872 bits per heavy atom. The van der Waals surface area contributed by atoms with Crippen LogP contribution in [-0.2, 0) is 24.2 Å². The Hall–Kier alpha value is -4.32. The van der Waals surface area contributed by atoms with E-state index in [0.29, 0.717) is 19.6 Å². The van der Waals surface area contributed by atoms with Gasteiger partial charge in [-0.25, -0.2) is 4.79 Å². The molecule has 200 valence electrons. The van der Waals surface area contributed by atoms with Gasteiger partial charge in [-0.2, -0.15) is 5.06 Å². The molecule has 0 radical (unpaired) electrons. The van der Waals surface area contributed by atoms with E-state index in [0.717, 1.165) is 70.4 Å². The standard InChI is InChI=1S/C33H35N3O3/c1-3-4-6-13-28-20-24(2)35(22-26-11-7-5-8-12-26)32(37)30(28)21-25-16-18-27(19-17-25)29-14-9-10-15-31(29)36-23-34-33(38)39-36/h5,7-12,14-20H,3-4,6,13,21-23H2,1-2H3,(H,34,38). The third kappa shape index (κ3) is 6.06. The van der Waals surface area contributed by atoms with Gasteiger partial charge in [-0.1, -0.05) is 92.6 Å². The molecule has 1 aliphatic rings. The fourth-order valence-electron chi connectivity index (χ4n) is 5.19. The van der Waals surface area contributed by atoms with Crippen LogP contribution in [0, 0.1) is 6.92 Å². The molecule has 0 saturated carbocycles. The molecule has 0 unspecified atom stereocenters. The van der Waals surface area contributed by atoms with Gasteiger partial charge in [-0.3, -0.25) is 10.1 Å². The van der Waals surface area contributed by atoms with Gasteiger partial charge in [0.2, 0.25) is 0 Å². The summed E-state index contributed by atoms with van der Waals surface area (Å²) < 4.78 is 1.91. The minimum Gasteiger partial charge on any atom is -0.320 e. The number of carbonyl (C=O) groups excluding carboxylic acids is 1. The average molecular weight is 522 g/mol. The van der Waals surface area contributed by atoms with E-state index in [4.69, 9.17) is 4.84 Å². The summed E-state index contributed by atoms with van der Waals surface area (Å²) in [5.74, 6) is 0. The first-order chi connectivity index (χ1) is 19.0. The number of carbonyl (C=O) groups is 1. The number of para-hydroxylation sites is 1. The van der Waals surface area contributed by atoms with Crippen LogP contribution in [-0.4, -0.2) is 17.3 Å². The highest BCUT2D eigenvalue weighted by Gasteiger charge is 2.23. The van der Waals surface area contributed by atoms with Crippen molar-refractivity contribution in [3.05, 3.63) is 123 Å². The van der Waals surface area contributed by atoms with Gasteiger partial charge in [0.25, 0.3) is 5.56 Å². The van der Waals surface area contributed by atoms with E-state index >= 15 is 0 Å². The molecule has 0 spiro atoms. The summed E-state index contributed by atoms with van der Waals surface area (Å²) in [6, 6.07) is 28.6. The zero-order valence-corrected chi connectivity index (χ0v) is 22.7. The van der Waals surface area contributed by atoms with Crippen LogP contribution in [0.25, 0.3) is 11.1 Å². The predicted molar refractivity (Wildman–Crippen MR) is 156 cm³/mol. The fraction of sp³-hybridized carbons (Fsp3) is 0.273. The van der Waals surface area contributed by atoms with Crippen LogP contribution in [0.5, 0.6) is 0 Å². The molecule has 0 bridgehead atoms. The molecule has 0 atom stereocenters. The van der Waals surface area contributed by atoms with Gasteiger partial charge in [0.05, 0.1) is 12.2 Å². The fourth-order valence-corrected chi connectivity index (χ4v) is 5.19. The van der Waals surface area contributed by atoms with E-state index in [9.17, 15) is 9.59 Å². The van der Waals surface area contributed by atoms with Gasteiger partial charge in [-0.05, 0) is 54.2 Å². The van der Waals surface area contributed by atoms with Crippen molar-refractivity contribution in [1.82, 2.24) is 9.88 Å². The number of aryl methyl sites for hydroxylation is 2. The maximum absolute atomic E-state index is 13.9. The predicted octanol–water partition coefficient (Wildman–Crippen LogP) is 6.61. The first-order valence-electron chi connectivity index (χ1n) is 13.7. The minimum atomic E-state index is -0.453. The molecule has 1 amide bonds. The lowest BCUT2D eigenvalue weighted by molar-refractivity contribution is 0.166. The average Bonchev–Trinajstić information content (AvgIpc) is 3.40. The van der Waals surface area contributed by atoms with Gasteiger partial charge < -0.3 is 9.40 Å². The number of anilines is 1. The lowest BCUT2D eigenvalue weighted by atomic mass is 9.95. The molecule has 6 nitrogen and oxygen atoms in total. The number of hydrogen-bond acceptors (Lipinski definition) is 4. The molecular formula is C33H35N3O3. The molecular weight excluding hydrogens is 486 g/mol. The largest absolute Gasteiger partial charge is 0.433 e. The SMILES string of the molecule is CCCCCc1cc(C)n(Cc2ccccc2)c(=O)c1Cc1ccc(-c2ccccc2N2CNC(=O)O2)cc1. The van der Waals surface area contributed by atoms with Crippen LogP contribution in [0.3, 0.4) is 0 Å². The van der Waals surface area contributed by atoms with Crippen LogP contribution in [0.1, 0.15) is 54.1 Å². The lowest BCUT2D eigenvalue weighted by Gasteiger charge is -2.18. The highest BCUT2D eigenvalue weighted by molar-refractivity contribution is 5.81. The maximum atomic E-state index is 13.9. The summed E-state index contributed by atoms with van der Waals surface area (Å²) in [4.78, 5) is 30.7. The Bertz CT molecular complexity index is 1490. The Kier molecular flexibility index (Phi) is 8.11. The summed E-state index contributed by atoms with van der Waals surface area (Å²) in [7, 11) is 0. The number of benzene rings is 3. The van der Waals surface area contributed by atoms with E-state index in [1.165, 1.54) is 0 Å². The summed E-state index contributed by atoms with van der Waals surface area (Å²) in [5.41, 5.74) is 8.18. The van der Waals surface area contributed by atoms with Crippen molar-refractivity contribution >= 4 is 11.8 Å². The first kappa shape index (κ1) is 26.3. The van der Waals surface area contributed by atoms with Crippen molar-refractivity contribution in [3.8, 4) is 11.1 Å². The molecule has 4 aromatic rings. The van der Waals surface area contributed by atoms with E-state index in [-0.39, 0.29) is 5.56 Å². The van der Waals surface area contributed by atoms with Crippen LogP contribution >= 0.6 is 0 Å². The number of pyridine rings is 1. The highest BCUT2D eigenvalue weighted by Crippen LogP contribution is 2.32. The molecule has 6 heteroatoms. The second-order valence-electron chi connectivity index (χ2n) is 10.1. The lowest BCUT2D eigenvalue weighted by Crippen LogP contribution is -2.28. The van der Waals surface area contributed by atoms with Crippen molar-refractivity contribution in [3.63, 3.8) is 0 Å². The van der Waals surface area contributed by atoms with Gasteiger partial charge in [0.1, 0.15) is 6.67 Å². The van der Waals surface area contributed by atoms with Gasteiger partial charge in [0.15, 0.2) is 0 Å². The summed E-state index contributed by atoms with van der Waals surface area (Å²) >= 11 is 0. The third-order valence-electron chi connectivity index (χ3n) is 7.31. The molecule has 39 heavy (non-hydrogen) atoms. The number of amides is 1. The number of unbranched alkanes of at least 4 members (excludes halogenated alkanes) is 2. The summed E-state index contributed by atoms with van der Waals surface area (Å²) in [5, 5.41) is 4.23. The third-order valence-corrected chi connectivity index (χ3v) is 7.31. The quantitative estimate of drug-likeness (QED) is 0.238. The number of nitrogens with one attached hydrogen (secondary N) is 1. The molecule has 1 saturated heterocycles.